The molecule has 6 heterocycles. The number of fused-ring (bicyclic) bond motifs is 2. The molecular formula is C27H30N8O2S. The van der Waals surface area contributed by atoms with Crippen molar-refractivity contribution >= 4 is 38.3 Å². The molecule has 11 heteroatoms. The molecule has 5 aromatic rings. The highest BCUT2D eigenvalue weighted by Gasteiger charge is 2.23. The number of piperazine rings is 1. The molecule has 38 heavy (non-hydrogen) atoms. The minimum absolute atomic E-state index is 0.717. The van der Waals surface area contributed by atoms with Crippen molar-refractivity contribution in [1.29, 1.82) is 0 Å². The maximum absolute atomic E-state index is 5.63. The summed E-state index contributed by atoms with van der Waals surface area (Å²) in [5.74, 6) is 2.62. The summed E-state index contributed by atoms with van der Waals surface area (Å²) in [5, 5.41) is 12.5. The fourth-order valence-corrected chi connectivity index (χ4v) is 6.52. The van der Waals surface area contributed by atoms with Gasteiger partial charge in [0.15, 0.2) is 11.6 Å². The number of hydrogen-bond donors (Lipinski definition) is 1. The molecule has 0 bridgehead atoms. The van der Waals surface area contributed by atoms with Crippen LogP contribution in [0.3, 0.4) is 0 Å². The molecule has 1 aromatic carbocycles. The second kappa shape index (κ2) is 10.1. The summed E-state index contributed by atoms with van der Waals surface area (Å²) in [6.07, 6.45) is 1.86. The Labute approximate surface area is 224 Å². The molecule has 2 saturated heterocycles. The highest BCUT2D eigenvalue weighted by molar-refractivity contribution is 7.19. The topological polar surface area (TPSA) is 99.4 Å². The Bertz CT molecular complexity index is 1560. The molecule has 0 spiro atoms. The van der Waals surface area contributed by atoms with Gasteiger partial charge in [-0.1, -0.05) is 17.3 Å². The lowest BCUT2D eigenvalue weighted by Gasteiger charge is -2.33. The zero-order valence-electron chi connectivity index (χ0n) is 21.4. The van der Waals surface area contributed by atoms with Gasteiger partial charge in [-0.25, -0.2) is 9.97 Å². The van der Waals surface area contributed by atoms with Crippen LogP contribution in [0.4, 0.5) is 5.82 Å². The third-order valence-corrected chi connectivity index (χ3v) is 8.45. The van der Waals surface area contributed by atoms with E-state index >= 15 is 0 Å². The summed E-state index contributed by atoms with van der Waals surface area (Å²) in [6, 6.07) is 10.4. The molecule has 0 aliphatic carbocycles. The fraction of sp³-hybridized carbons (Fsp3) is 0.407. The van der Waals surface area contributed by atoms with E-state index in [4.69, 9.17) is 19.2 Å². The lowest BCUT2D eigenvalue weighted by molar-refractivity contribution is 0.121. The number of anilines is 1. The van der Waals surface area contributed by atoms with Gasteiger partial charge in [-0.3, -0.25) is 14.9 Å². The number of nitrogens with one attached hydrogen (secondary N) is 1. The minimum Gasteiger partial charge on any atom is -0.378 e. The van der Waals surface area contributed by atoms with Gasteiger partial charge in [-0.2, -0.15) is 5.10 Å². The van der Waals surface area contributed by atoms with Crippen LogP contribution in [0, 0.1) is 6.92 Å². The standard InChI is InChI=1S/C27H30N8O2S/c1-18-13-19(32-37-18)16-33-5-7-34(8-6-33)17-20-14-24-25(38-20)27(35-9-11-36-12-10-35)30-26(29-24)21-3-2-4-23-22(21)15-28-31-23/h2-4,13-15H,5-12,16-17H2,1H3,(H,28,31). The van der Waals surface area contributed by atoms with Crippen molar-refractivity contribution in [2.24, 2.45) is 0 Å². The van der Waals surface area contributed by atoms with Crippen molar-refractivity contribution in [3.8, 4) is 11.4 Å². The number of hydrogen-bond acceptors (Lipinski definition) is 10. The number of nitrogens with zero attached hydrogens (tertiary/aromatic N) is 7. The Balaban J connectivity index is 1.15. The molecule has 2 aliphatic heterocycles. The maximum atomic E-state index is 5.63. The molecule has 4 aromatic heterocycles. The number of morpholine rings is 1. The number of aromatic amines is 1. The molecule has 0 radical (unpaired) electrons. The van der Waals surface area contributed by atoms with Crippen LogP contribution in [0.25, 0.3) is 32.5 Å². The largest absolute Gasteiger partial charge is 0.378 e. The SMILES string of the molecule is Cc1cc(CN2CCN(Cc3cc4nc(-c5cccc6[nH]ncc56)nc(N5CCOCC5)c4s3)CC2)no1. The van der Waals surface area contributed by atoms with E-state index in [1.165, 1.54) is 4.88 Å². The van der Waals surface area contributed by atoms with E-state index < -0.39 is 0 Å². The van der Waals surface area contributed by atoms with Crippen LogP contribution >= 0.6 is 11.3 Å². The van der Waals surface area contributed by atoms with Crippen LogP contribution in [0.2, 0.25) is 0 Å². The Kier molecular flexibility index (Phi) is 6.28. The lowest BCUT2D eigenvalue weighted by Crippen LogP contribution is -2.45. The Morgan fingerprint density at radius 3 is 2.58 bits per heavy atom. The summed E-state index contributed by atoms with van der Waals surface area (Å²) >= 11 is 1.82. The third kappa shape index (κ3) is 4.66. The zero-order valence-corrected chi connectivity index (χ0v) is 22.2. The first-order chi connectivity index (χ1) is 18.7. The fourth-order valence-electron chi connectivity index (χ4n) is 5.36. The average Bonchev–Trinajstić information content (AvgIpc) is 3.69. The van der Waals surface area contributed by atoms with E-state index in [0.29, 0.717) is 13.2 Å². The predicted octanol–water partition coefficient (Wildman–Crippen LogP) is 3.69. The highest BCUT2D eigenvalue weighted by atomic mass is 32.1. The summed E-state index contributed by atoms with van der Waals surface area (Å²) in [4.78, 5) is 18.8. The number of aryl methyl sites for hydroxylation is 1. The highest BCUT2D eigenvalue weighted by Crippen LogP contribution is 2.36. The van der Waals surface area contributed by atoms with Crippen LogP contribution in [-0.2, 0) is 17.8 Å². The normalized spacial score (nSPS) is 17.7. The molecule has 7 rings (SSSR count). The molecule has 1 N–H and O–H groups in total. The summed E-state index contributed by atoms with van der Waals surface area (Å²) in [6.45, 7) is 10.9. The Hall–Kier alpha value is -3.38. The van der Waals surface area contributed by atoms with Gasteiger partial charge in [-0.05, 0) is 19.1 Å². The summed E-state index contributed by atoms with van der Waals surface area (Å²) < 4.78 is 12.0. The first kappa shape index (κ1) is 23.7. The predicted molar refractivity (Wildman–Crippen MR) is 147 cm³/mol. The van der Waals surface area contributed by atoms with E-state index in [-0.39, 0.29) is 0 Å². The summed E-state index contributed by atoms with van der Waals surface area (Å²) in [7, 11) is 0. The van der Waals surface area contributed by atoms with Crippen LogP contribution in [-0.4, -0.2) is 87.6 Å². The van der Waals surface area contributed by atoms with Gasteiger partial charge in [0, 0.05) is 74.3 Å². The number of benzene rings is 1. The van der Waals surface area contributed by atoms with Crippen LogP contribution < -0.4 is 4.90 Å². The van der Waals surface area contributed by atoms with E-state index in [9.17, 15) is 0 Å². The van der Waals surface area contributed by atoms with E-state index in [2.05, 4.69) is 42.2 Å². The zero-order chi connectivity index (χ0) is 25.5. The van der Waals surface area contributed by atoms with Gasteiger partial charge in [-0.15, -0.1) is 11.3 Å². The van der Waals surface area contributed by atoms with Crippen molar-refractivity contribution in [2.45, 2.75) is 20.0 Å². The molecule has 2 aliphatic rings. The Morgan fingerprint density at radius 1 is 0.974 bits per heavy atom. The van der Waals surface area contributed by atoms with Gasteiger partial charge in [0.05, 0.1) is 40.8 Å². The van der Waals surface area contributed by atoms with E-state index in [1.807, 2.05) is 42.7 Å². The molecule has 0 amide bonds. The maximum Gasteiger partial charge on any atom is 0.162 e. The van der Waals surface area contributed by atoms with Crippen molar-refractivity contribution in [3.63, 3.8) is 0 Å². The number of thiophene rings is 1. The van der Waals surface area contributed by atoms with Crippen LogP contribution in [0.15, 0.2) is 41.1 Å². The van der Waals surface area contributed by atoms with Crippen LogP contribution in [0.5, 0.6) is 0 Å². The molecule has 196 valence electrons. The van der Waals surface area contributed by atoms with Crippen molar-refractivity contribution in [1.82, 2.24) is 35.1 Å². The number of ether oxygens (including phenoxy) is 1. The molecule has 10 nitrogen and oxygen atoms in total. The quantitative estimate of drug-likeness (QED) is 0.352. The number of aromatic nitrogens is 5. The van der Waals surface area contributed by atoms with Gasteiger partial charge in [0.2, 0.25) is 0 Å². The first-order valence-electron chi connectivity index (χ1n) is 13.1. The minimum atomic E-state index is 0.717. The van der Waals surface area contributed by atoms with E-state index in [1.54, 1.807) is 0 Å². The van der Waals surface area contributed by atoms with Gasteiger partial charge in [0.25, 0.3) is 0 Å². The Morgan fingerprint density at radius 2 is 1.79 bits per heavy atom. The second-order valence-electron chi connectivity index (χ2n) is 10.0. The van der Waals surface area contributed by atoms with Gasteiger partial charge < -0.3 is 14.2 Å². The summed E-state index contributed by atoms with van der Waals surface area (Å²) in [5.41, 5.74) is 4.01. The monoisotopic (exact) mass is 530 g/mol. The van der Waals surface area contributed by atoms with Crippen molar-refractivity contribution < 1.29 is 9.26 Å². The van der Waals surface area contributed by atoms with Crippen LogP contribution in [0.1, 0.15) is 16.3 Å². The van der Waals surface area contributed by atoms with E-state index in [0.717, 1.165) is 102 Å². The number of H-pyrrole nitrogens is 1. The molecule has 2 fully saturated rings. The molecule has 0 saturated carbocycles. The average molecular weight is 531 g/mol. The third-order valence-electron chi connectivity index (χ3n) is 7.35. The molecular weight excluding hydrogens is 500 g/mol. The lowest BCUT2D eigenvalue weighted by atomic mass is 10.1. The second-order valence-corrected chi connectivity index (χ2v) is 11.2. The van der Waals surface area contributed by atoms with Crippen molar-refractivity contribution in [3.05, 3.63) is 52.9 Å². The van der Waals surface area contributed by atoms with Gasteiger partial charge >= 0.3 is 0 Å². The molecule has 0 unspecified atom stereocenters. The smallest absolute Gasteiger partial charge is 0.162 e. The van der Waals surface area contributed by atoms with Crippen molar-refractivity contribution in [2.75, 3.05) is 57.4 Å². The first-order valence-corrected chi connectivity index (χ1v) is 13.9. The number of rotatable bonds is 6. The molecule has 0 atom stereocenters. The van der Waals surface area contributed by atoms with Gasteiger partial charge in [0.1, 0.15) is 5.76 Å².